The number of carbonyl (C=O) groups excluding carboxylic acids is 1. The molecule has 1 aliphatic carbocycles. The average Bonchev–Trinajstić information content (AvgIpc) is 3.35. The molecule has 1 aliphatic heterocycles. The summed E-state index contributed by atoms with van der Waals surface area (Å²) in [5.41, 5.74) is 6.64. The maximum Gasteiger partial charge on any atom is 0.242 e. The zero-order valence-corrected chi connectivity index (χ0v) is 23.2. The van der Waals surface area contributed by atoms with Crippen LogP contribution in [0.2, 0.25) is 0 Å². The number of ether oxygens (including phenoxy) is 1. The van der Waals surface area contributed by atoms with E-state index in [1.165, 1.54) is 49.1 Å². The molecule has 2 aliphatic rings. The monoisotopic (exact) mass is 547 g/mol. The second-order valence-electron chi connectivity index (χ2n) is 11.3. The Balaban J connectivity index is 1.37. The number of para-hydroxylation sites is 1. The number of morpholine rings is 1. The van der Waals surface area contributed by atoms with E-state index >= 15 is 0 Å². The summed E-state index contributed by atoms with van der Waals surface area (Å²) in [6, 6.07) is 25.6. The lowest BCUT2D eigenvalue weighted by Crippen LogP contribution is -2.42. The van der Waals surface area contributed by atoms with Crippen molar-refractivity contribution < 1.29 is 13.9 Å². The van der Waals surface area contributed by atoms with Crippen molar-refractivity contribution in [3.05, 3.63) is 90.2 Å². The number of carbonyl (C=O) groups is 1. The molecule has 3 aromatic carbocycles. The van der Waals surface area contributed by atoms with Crippen LogP contribution in [0.3, 0.4) is 0 Å². The SMILES string of the molecule is O=C(Cn1c(-c2ccc3nc(-c4ccccc4F)ccc3c2)c(C2CCCCC2)c2ccccc21)N1CCOCC1. The molecule has 0 N–H and O–H groups in total. The lowest BCUT2D eigenvalue weighted by molar-refractivity contribution is -0.135. The maximum atomic E-state index is 14.5. The highest BCUT2D eigenvalue weighted by atomic mass is 19.1. The van der Waals surface area contributed by atoms with E-state index in [1.54, 1.807) is 12.1 Å². The molecule has 1 saturated heterocycles. The fraction of sp³-hybridized carbons (Fsp3) is 0.314. The van der Waals surface area contributed by atoms with E-state index in [2.05, 4.69) is 41.0 Å². The smallest absolute Gasteiger partial charge is 0.242 e. The first-order chi connectivity index (χ1) is 20.2. The first kappa shape index (κ1) is 25.9. The van der Waals surface area contributed by atoms with Crippen molar-refractivity contribution in [2.24, 2.45) is 0 Å². The fourth-order valence-electron chi connectivity index (χ4n) is 6.75. The summed E-state index contributed by atoms with van der Waals surface area (Å²) in [4.78, 5) is 20.3. The van der Waals surface area contributed by atoms with Crippen LogP contribution in [0, 0.1) is 5.82 Å². The van der Waals surface area contributed by atoms with E-state index in [-0.39, 0.29) is 11.7 Å². The van der Waals surface area contributed by atoms with Crippen molar-refractivity contribution in [1.29, 1.82) is 0 Å². The van der Waals surface area contributed by atoms with E-state index in [9.17, 15) is 9.18 Å². The molecule has 0 radical (unpaired) electrons. The minimum absolute atomic E-state index is 0.127. The van der Waals surface area contributed by atoms with Gasteiger partial charge in [0, 0.05) is 34.9 Å². The summed E-state index contributed by atoms with van der Waals surface area (Å²) in [6.07, 6.45) is 6.08. The molecule has 2 aromatic heterocycles. The Bertz CT molecular complexity index is 1730. The number of hydrogen-bond donors (Lipinski definition) is 0. The molecule has 3 heterocycles. The Morgan fingerprint density at radius 1 is 0.902 bits per heavy atom. The standard InChI is InChI=1S/C35H34FN3O2/c36-29-12-6-4-10-27(29)31-17-14-25-22-26(15-16-30(25)37-31)35-34(24-8-2-1-3-9-24)28-11-5-7-13-32(28)39(35)23-33(40)38-18-20-41-21-19-38/h4-7,10-17,22,24H,1-3,8-9,18-21,23H2. The number of hydrogen-bond acceptors (Lipinski definition) is 3. The van der Waals surface area contributed by atoms with Crippen molar-refractivity contribution in [1.82, 2.24) is 14.5 Å². The van der Waals surface area contributed by atoms with Gasteiger partial charge in [0.15, 0.2) is 0 Å². The topological polar surface area (TPSA) is 47.4 Å². The first-order valence-electron chi connectivity index (χ1n) is 14.8. The minimum atomic E-state index is -0.275. The molecule has 0 atom stereocenters. The van der Waals surface area contributed by atoms with Crippen molar-refractivity contribution in [3.63, 3.8) is 0 Å². The first-order valence-corrected chi connectivity index (χ1v) is 14.8. The van der Waals surface area contributed by atoms with E-state index in [4.69, 9.17) is 9.72 Å². The van der Waals surface area contributed by atoms with Crippen molar-refractivity contribution in [2.75, 3.05) is 26.3 Å². The van der Waals surface area contributed by atoms with Crippen LogP contribution < -0.4 is 0 Å². The zero-order chi connectivity index (χ0) is 27.8. The van der Waals surface area contributed by atoms with Crippen molar-refractivity contribution in [2.45, 2.75) is 44.6 Å². The van der Waals surface area contributed by atoms with Gasteiger partial charge in [-0.2, -0.15) is 0 Å². The Kier molecular flexibility index (Phi) is 7.01. The number of halogens is 1. The predicted octanol–water partition coefficient (Wildman–Crippen LogP) is 7.57. The van der Waals surface area contributed by atoms with Gasteiger partial charge in [-0.3, -0.25) is 4.79 Å². The molecule has 1 saturated carbocycles. The molecule has 5 aromatic rings. The highest BCUT2D eigenvalue weighted by Gasteiger charge is 2.28. The van der Waals surface area contributed by atoms with E-state index < -0.39 is 0 Å². The molecule has 0 unspecified atom stereocenters. The van der Waals surface area contributed by atoms with Crippen molar-refractivity contribution >= 4 is 27.7 Å². The number of rotatable bonds is 5. The van der Waals surface area contributed by atoms with E-state index in [1.807, 2.05) is 29.2 Å². The summed E-state index contributed by atoms with van der Waals surface area (Å²) < 4.78 is 22.2. The molecule has 5 nitrogen and oxygen atoms in total. The molecule has 7 rings (SSSR count). The number of fused-ring (bicyclic) bond motifs is 2. The molecule has 208 valence electrons. The van der Waals surface area contributed by atoms with Crippen LogP contribution >= 0.6 is 0 Å². The Hall–Kier alpha value is -4.03. The summed E-state index contributed by atoms with van der Waals surface area (Å²) in [6.45, 7) is 2.74. The number of pyridine rings is 1. The molecule has 0 spiro atoms. The average molecular weight is 548 g/mol. The third kappa shape index (κ3) is 4.91. The third-order valence-electron chi connectivity index (χ3n) is 8.79. The van der Waals surface area contributed by atoms with Crippen LogP contribution in [0.25, 0.3) is 44.3 Å². The van der Waals surface area contributed by atoms with Gasteiger partial charge in [0.1, 0.15) is 12.4 Å². The molecule has 41 heavy (non-hydrogen) atoms. The quantitative estimate of drug-likeness (QED) is 0.228. The van der Waals surface area contributed by atoms with Gasteiger partial charge >= 0.3 is 0 Å². The highest BCUT2D eigenvalue weighted by molar-refractivity contribution is 5.96. The lowest BCUT2D eigenvalue weighted by Gasteiger charge is -2.28. The summed E-state index contributed by atoms with van der Waals surface area (Å²) >= 11 is 0. The van der Waals surface area contributed by atoms with Gasteiger partial charge in [0.25, 0.3) is 0 Å². The van der Waals surface area contributed by atoms with Crippen LogP contribution in [0.1, 0.15) is 43.6 Å². The van der Waals surface area contributed by atoms with Gasteiger partial charge in [-0.25, -0.2) is 9.37 Å². The molecule has 0 bridgehead atoms. The molecule has 6 heteroatoms. The van der Waals surface area contributed by atoms with Crippen LogP contribution in [0.15, 0.2) is 78.9 Å². The Morgan fingerprint density at radius 2 is 1.68 bits per heavy atom. The third-order valence-corrected chi connectivity index (χ3v) is 8.79. The fourth-order valence-corrected chi connectivity index (χ4v) is 6.75. The van der Waals surface area contributed by atoms with Crippen LogP contribution in [0.5, 0.6) is 0 Å². The highest BCUT2D eigenvalue weighted by Crippen LogP contribution is 2.44. The molecular weight excluding hydrogens is 513 g/mol. The van der Waals surface area contributed by atoms with Crippen molar-refractivity contribution in [3.8, 4) is 22.5 Å². The number of benzene rings is 3. The number of nitrogens with zero attached hydrogens (tertiary/aromatic N) is 3. The Labute approximate surface area is 239 Å². The van der Waals surface area contributed by atoms with Gasteiger partial charge in [0.05, 0.1) is 30.1 Å². The largest absolute Gasteiger partial charge is 0.378 e. The zero-order valence-electron chi connectivity index (χ0n) is 23.2. The van der Waals surface area contributed by atoms with Crippen LogP contribution in [0.4, 0.5) is 4.39 Å². The maximum absolute atomic E-state index is 14.5. The predicted molar refractivity (Wildman–Crippen MR) is 161 cm³/mol. The lowest BCUT2D eigenvalue weighted by atomic mass is 9.82. The molecule has 1 amide bonds. The van der Waals surface area contributed by atoms with Gasteiger partial charge in [0.2, 0.25) is 5.91 Å². The van der Waals surface area contributed by atoms with E-state index in [0.29, 0.717) is 50.0 Å². The molecular formula is C35H34FN3O2. The second kappa shape index (κ2) is 11.1. The summed E-state index contributed by atoms with van der Waals surface area (Å²) in [7, 11) is 0. The van der Waals surface area contributed by atoms with E-state index in [0.717, 1.165) is 27.7 Å². The van der Waals surface area contributed by atoms with Crippen LogP contribution in [-0.2, 0) is 16.1 Å². The normalized spacial score (nSPS) is 16.5. The Morgan fingerprint density at radius 3 is 2.51 bits per heavy atom. The molecule has 2 fully saturated rings. The number of aromatic nitrogens is 2. The summed E-state index contributed by atoms with van der Waals surface area (Å²) in [5.74, 6) is 0.311. The minimum Gasteiger partial charge on any atom is -0.378 e. The second-order valence-corrected chi connectivity index (χ2v) is 11.3. The van der Waals surface area contributed by atoms with Gasteiger partial charge in [-0.1, -0.05) is 61.7 Å². The van der Waals surface area contributed by atoms with Gasteiger partial charge in [-0.05, 0) is 66.3 Å². The van der Waals surface area contributed by atoms with Gasteiger partial charge < -0.3 is 14.2 Å². The van der Waals surface area contributed by atoms with Gasteiger partial charge in [-0.15, -0.1) is 0 Å². The summed E-state index contributed by atoms with van der Waals surface area (Å²) in [5, 5.41) is 2.24. The van der Waals surface area contributed by atoms with Crippen LogP contribution in [-0.4, -0.2) is 46.7 Å². The number of amides is 1.